The Kier molecular flexibility index (Phi) is 6.96. The largest absolute Gasteiger partial charge is 0.452 e. The first-order chi connectivity index (χ1) is 6.24. The average molecular weight is 186 g/mol. The minimum atomic E-state index is -0.512. The van der Waals surface area contributed by atoms with Crippen LogP contribution in [-0.2, 0) is 4.74 Å². The van der Waals surface area contributed by atoms with Gasteiger partial charge in [-0.2, -0.15) is 5.10 Å². The molecule has 0 atom stereocenters. The quantitative estimate of drug-likeness (QED) is 0.529. The predicted molar refractivity (Wildman–Crippen MR) is 52.8 cm³/mol. The summed E-state index contributed by atoms with van der Waals surface area (Å²) >= 11 is 0. The highest BCUT2D eigenvalue weighted by Crippen LogP contribution is 1.99. The predicted octanol–water partition coefficient (Wildman–Crippen LogP) is 2.30. The van der Waals surface area contributed by atoms with E-state index in [1.54, 1.807) is 0 Å². The Hall–Kier alpha value is -1.06. The highest BCUT2D eigenvalue weighted by Gasteiger charge is 1.98. The van der Waals surface area contributed by atoms with Gasteiger partial charge in [-0.3, -0.25) is 0 Å². The maximum atomic E-state index is 10.7. The number of nitrogens with one attached hydrogen (secondary N) is 1. The van der Waals surface area contributed by atoms with Gasteiger partial charge in [-0.25, -0.2) is 10.2 Å². The highest BCUT2D eigenvalue weighted by molar-refractivity contribution is 5.85. The summed E-state index contributed by atoms with van der Waals surface area (Å²) in [6.07, 6.45) is 3.54. The zero-order chi connectivity index (χ0) is 10.1. The lowest BCUT2D eigenvalue weighted by Gasteiger charge is -2.02. The van der Waals surface area contributed by atoms with Gasteiger partial charge in [-0.05, 0) is 19.3 Å². The third-order valence-corrected chi connectivity index (χ3v) is 1.72. The van der Waals surface area contributed by atoms with Crippen LogP contribution in [0.5, 0.6) is 0 Å². The lowest BCUT2D eigenvalue weighted by atomic mass is 10.1. The summed E-state index contributed by atoms with van der Waals surface area (Å²) < 4.78 is 4.39. The smallest absolute Gasteiger partial charge is 0.427 e. The van der Waals surface area contributed by atoms with Crippen molar-refractivity contribution in [2.75, 3.05) is 7.11 Å². The number of nitrogens with zero attached hydrogens (tertiary/aromatic N) is 1. The molecular weight excluding hydrogens is 168 g/mol. The van der Waals surface area contributed by atoms with E-state index in [4.69, 9.17) is 0 Å². The van der Waals surface area contributed by atoms with Crippen LogP contribution >= 0.6 is 0 Å². The molecule has 0 spiro atoms. The number of methoxy groups -OCH3 is 1. The maximum absolute atomic E-state index is 10.7. The normalized spacial score (nSPS) is 11.2. The van der Waals surface area contributed by atoms with Gasteiger partial charge in [0.05, 0.1) is 7.11 Å². The van der Waals surface area contributed by atoms with Crippen molar-refractivity contribution in [3.63, 3.8) is 0 Å². The van der Waals surface area contributed by atoms with Crippen LogP contribution in [0.4, 0.5) is 4.79 Å². The molecular formula is C9H18N2O2. The van der Waals surface area contributed by atoms with E-state index in [0.717, 1.165) is 31.4 Å². The number of hydrogen-bond acceptors (Lipinski definition) is 3. The zero-order valence-corrected chi connectivity index (χ0v) is 8.59. The summed E-state index contributed by atoms with van der Waals surface area (Å²) in [5.74, 6) is 0. The molecule has 0 bridgehead atoms. The molecule has 1 amide bonds. The molecule has 1 N–H and O–H groups in total. The first-order valence-corrected chi connectivity index (χ1v) is 4.64. The maximum Gasteiger partial charge on any atom is 0.427 e. The van der Waals surface area contributed by atoms with E-state index in [2.05, 4.69) is 22.2 Å². The van der Waals surface area contributed by atoms with Crippen LogP contribution < -0.4 is 5.43 Å². The number of amides is 1. The van der Waals surface area contributed by atoms with Gasteiger partial charge in [0.1, 0.15) is 0 Å². The second-order valence-corrected chi connectivity index (χ2v) is 2.74. The minimum Gasteiger partial charge on any atom is -0.452 e. The fraction of sp³-hybridized carbons (Fsp3) is 0.778. The molecule has 76 valence electrons. The Labute approximate surface area is 79.3 Å². The second-order valence-electron chi connectivity index (χ2n) is 2.74. The summed E-state index contributed by atoms with van der Waals surface area (Å²) in [4.78, 5) is 10.7. The summed E-state index contributed by atoms with van der Waals surface area (Å²) in [6, 6.07) is 0. The Bertz CT molecular complexity index is 178. The van der Waals surface area contributed by atoms with Gasteiger partial charge in [-0.15, -0.1) is 0 Å². The standard InChI is InChI=1S/C9H18N2O2/c1-4-6-7-8(5-2)10-11-9(12)13-3/h4-7H2,1-3H3,(H,11,12). The van der Waals surface area contributed by atoms with Gasteiger partial charge in [0.25, 0.3) is 0 Å². The van der Waals surface area contributed by atoms with Crippen molar-refractivity contribution in [2.45, 2.75) is 39.5 Å². The van der Waals surface area contributed by atoms with Crippen LogP contribution in [0, 0.1) is 0 Å². The van der Waals surface area contributed by atoms with Crippen molar-refractivity contribution in [1.29, 1.82) is 0 Å². The molecule has 0 aromatic rings. The Morgan fingerprint density at radius 1 is 1.46 bits per heavy atom. The molecule has 0 aliphatic heterocycles. The highest BCUT2D eigenvalue weighted by atomic mass is 16.5. The van der Waals surface area contributed by atoms with Crippen LogP contribution in [0.3, 0.4) is 0 Å². The van der Waals surface area contributed by atoms with Crippen LogP contribution in [0.1, 0.15) is 39.5 Å². The van der Waals surface area contributed by atoms with Crippen LogP contribution in [0.2, 0.25) is 0 Å². The van der Waals surface area contributed by atoms with Crippen molar-refractivity contribution in [1.82, 2.24) is 5.43 Å². The molecule has 0 fully saturated rings. The molecule has 0 aliphatic rings. The lowest BCUT2D eigenvalue weighted by molar-refractivity contribution is 0.171. The van der Waals surface area contributed by atoms with E-state index < -0.39 is 6.09 Å². The summed E-state index contributed by atoms with van der Waals surface area (Å²) in [5, 5.41) is 3.94. The van der Waals surface area contributed by atoms with Crippen molar-refractivity contribution in [2.24, 2.45) is 5.10 Å². The molecule has 0 aromatic carbocycles. The molecule has 0 saturated heterocycles. The SMILES string of the molecule is CCCCC(CC)=NNC(=O)OC. The Morgan fingerprint density at radius 2 is 2.15 bits per heavy atom. The molecule has 0 aliphatic carbocycles. The molecule has 4 nitrogen and oxygen atoms in total. The summed E-state index contributed by atoms with van der Waals surface area (Å²) in [6.45, 7) is 4.15. The molecule has 0 saturated carbocycles. The van der Waals surface area contributed by atoms with Gasteiger partial charge in [-0.1, -0.05) is 20.3 Å². The number of hydrogen-bond donors (Lipinski definition) is 1. The van der Waals surface area contributed by atoms with Gasteiger partial charge in [0, 0.05) is 5.71 Å². The van der Waals surface area contributed by atoms with E-state index in [1.165, 1.54) is 7.11 Å². The van der Waals surface area contributed by atoms with Crippen molar-refractivity contribution < 1.29 is 9.53 Å². The van der Waals surface area contributed by atoms with Crippen LogP contribution in [-0.4, -0.2) is 18.9 Å². The van der Waals surface area contributed by atoms with E-state index in [9.17, 15) is 4.79 Å². The topological polar surface area (TPSA) is 50.7 Å². The fourth-order valence-electron chi connectivity index (χ4n) is 0.863. The number of carbonyl (C=O) groups is 1. The fourth-order valence-corrected chi connectivity index (χ4v) is 0.863. The molecule has 0 radical (unpaired) electrons. The third-order valence-electron chi connectivity index (χ3n) is 1.72. The molecule has 0 unspecified atom stereocenters. The van der Waals surface area contributed by atoms with Crippen LogP contribution in [0.25, 0.3) is 0 Å². The van der Waals surface area contributed by atoms with Crippen molar-refractivity contribution >= 4 is 11.8 Å². The second kappa shape index (κ2) is 7.58. The van der Waals surface area contributed by atoms with Crippen LogP contribution in [0.15, 0.2) is 5.10 Å². The minimum absolute atomic E-state index is 0.512. The van der Waals surface area contributed by atoms with E-state index in [-0.39, 0.29) is 0 Å². The number of hydrazone groups is 1. The number of rotatable bonds is 5. The molecule has 4 heteroatoms. The number of carbonyl (C=O) groups excluding carboxylic acids is 1. The third kappa shape index (κ3) is 6.13. The summed E-state index contributed by atoms with van der Waals surface area (Å²) in [7, 11) is 1.32. The van der Waals surface area contributed by atoms with E-state index >= 15 is 0 Å². The molecule has 13 heavy (non-hydrogen) atoms. The molecule has 0 aromatic heterocycles. The number of unbranched alkanes of at least 4 members (excludes halogenated alkanes) is 1. The average Bonchev–Trinajstić information content (AvgIpc) is 2.17. The van der Waals surface area contributed by atoms with Crippen molar-refractivity contribution in [3.8, 4) is 0 Å². The monoisotopic (exact) mass is 186 g/mol. The number of ether oxygens (including phenoxy) is 1. The first kappa shape index (κ1) is 11.9. The van der Waals surface area contributed by atoms with Gasteiger partial charge < -0.3 is 4.74 Å². The molecule has 0 heterocycles. The summed E-state index contributed by atoms with van der Waals surface area (Å²) in [5.41, 5.74) is 3.33. The van der Waals surface area contributed by atoms with E-state index in [1.807, 2.05) is 6.92 Å². The lowest BCUT2D eigenvalue weighted by Crippen LogP contribution is -2.19. The Balaban J connectivity index is 3.84. The molecule has 0 rings (SSSR count). The van der Waals surface area contributed by atoms with Gasteiger partial charge in [0.2, 0.25) is 0 Å². The first-order valence-electron chi connectivity index (χ1n) is 4.64. The van der Waals surface area contributed by atoms with E-state index in [0.29, 0.717) is 0 Å². The van der Waals surface area contributed by atoms with Crippen molar-refractivity contribution in [3.05, 3.63) is 0 Å². The van der Waals surface area contributed by atoms with Gasteiger partial charge >= 0.3 is 6.09 Å². The van der Waals surface area contributed by atoms with Gasteiger partial charge in [0.15, 0.2) is 0 Å². The zero-order valence-electron chi connectivity index (χ0n) is 8.59. The Morgan fingerprint density at radius 3 is 2.62 bits per heavy atom.